The molecule has 0 spiro atoms. The van der Waals surface area contributed by atoms with Crippen LogP contribution in [0.2, 0.25) is 0 Å². The van der Waals surface area contributed by atoms with Crippen molar-refractivity contribution in [2.24, 2.45) is 0 Å². The molecule has 3 aromatic rings. The second-order valence-corrected chi connectivity index (χ2v) is 11.5. The Morgan fingerprint density at radius 2 is 1.26 bits per heavy atom. The zero-order chi connectivity index (χ0) is 31.2. The Bertz CT molecular complexity index is 1970. The Labute approximate surface area is 255 Å². The number of nitrogens with one attached hydrogen (secondary N) is 2. The lowest BCUT2D eigenvalue weighted by Crippen LogP contribution is -1.97. The maximum atomic E-state index is 11.5. The van der Waals surface area contributed by atoms with Crippen molar-refractivity contribution in [2.45, 2.75) is 53.4 Å². The van der Waals surface area contributed by atoms with Gasteiger partial charge in [0.1, 0.15) is 0 Å². The van der Waals surface area contributed by atoms with Gasteiger partial charge in [0.25, 0.3) is 0 Å². The first kappa shape index (κ1) is 29.8. The van der Waals surface area contributed by atoms with E-state index in [1.165, 1.54) is 0 Å². The van der Waals surface area contributed by atoms with Crippen LogP contribution in [0.3, 0.4) is 0 Å². The van der Waals surface area contributed by atoms with Crippen molar-refractivity contribution >= 4 is 79.9 Å². The van der Waals surface area contributed by atoms with Crippen LogP contribution in [-0.2, 0) is 9.59 Å². The monoisotopic (exact) mass is 594 g/mol. The van der Waals surface area contributed by atoms with E-state index in [4.69, 9.17) is 9.97 Å². The fraction of sp³-hybridized carbons (Fsp3) is 0.235. The number of hydrogen-bond acceptors (Lipinski definition) is 5. The summed E-state index contributed by atoms with van der Waals surface area (Å²) in [5, 5.41) is 18.9. The van der Waals surface area contributed by atoms with E-state index in [0.29, 0.717) is 40.5 Å². The fourth-order valence-electron chi connectivity index (χ4n) is 5.85. The van der Waals surface area contributed by atoms with E-state index in [1.54, 1.807) is 0 Å². The molecule has 0 radical (unpaired) electrons. The van der Waals surface area contributed by atoms with Crippen molar-refractivity contribution in [2.75, 3.05) is 0 Å². The molecule has 0 saturated carbocycles. The maximum absolute atomic E-state index is 11.5. The predicted octanol–water partition coefficient (Wildman–Crippen LogP) is 8.07. The number of hydrogen-bond donors (Lipinski definition) is 5. The molecule has 0 saturated heterocycles. The van der Waals surface area contributed by atoms with E-state index in [-0.39, 0.29) is 12.8 Å². The molecule has 43 heavy (non-hydrogen) atoms. The van der Waals surface area contributed by atoms with E-state index in [2.05, 4.69) is 35.8 Å². The molecule has 0 aliphatic carbocycles. The first-order chi connectivity index (χ1) is 20.4. The third-order valence-corrected chi connectivity index (χ3v) is 8.48. The molecule has 3 aromatic heterocycles. The van der Waals surface area contributed by atoms with Crippen LogP contribution in [-0.4, -0.2) is 42.1 Å². The van der Waals surface area contributed by atoms with Crippen LogP contribution in [0, 0.1) is 13.8 Å². The quantitative estimate of drug-likeness (QED) is 0.168. The molecule has 0 amide bonds. The number of nitrogens with zero attached hydrogens (tertiary/aromatic N) is 2. The fourth-order valence-corrected chi connectivity index (χ4v) is 6.14. The standard InChI is InChI=1S/C34H34N4O4S/c1-7-21-16(2)26-14-31-34(20(6)43)19(5)27(38-31)12-24-17(3)22(8-10-32(39)40)29(36-24)15-30-23(9-11-33(41)42)18(4)25(37-30)13-28(21)35-26/h7,12-15,35,38,43H,1,6,8-11H2,2-5H3,(H,39,40)(H,41,42). The van der Waals surface area contributed by atoms with Gasteiger partial charge in [0, 0.05) is 50.9 Å². The van der Waals surface area contributed by atoms with Crippen LogP contribution in [0.5, 0.6) is 0 Å². The Kier molecular flexibility index (Phi) is 8.03. The van der Waals surface area contributed by atoms with Crippen molar-refractivity contribution < 1.29 is 19.8 Å². The number of aryl methyl sites for hydroxylation is 2. The van der Waals surface area contributed by atoms with Crippen molar-refractivity contribution in [3.63, 3.8) is 0 Å². The highest BCUT2D eigenvalue weighted by molar-refractivity contribution is 7.90. The Balaban J connectivity index is 1.95. The van der Waals surface area contributed by atoms with Gasteiger partial charge in [-0.1, -0.05) is 19.2 Å². The summed E-state index contributed by atoms with van der Waals surface area (Å²) in [5.74, 6) is -1.79. The van der Waals surface area contributed by atoms with Crippen LogP contribution in [0.4, 0.5) is 0 Å². The number of H-pyrrole nitrogens is 2. The highest BCUT2D eigenvalue weighted by atomic mass is 32.1. The van der Waals surface area contributed by atoms with Gasteiger partial charge in [0.2, 0.25) is 0 Å². The average molecular weight is 595 g/mol. The molecule has 0 atom stereocenters. The third kappa shape index (κ3) is 5.60. The smallest absolute Gasteiger partial charge is 0.303 e. The van der Waals surface area contributed by atoms with Gasteiger partial charge in [-0.2, -0.15) is 0 Å². The number of aromatic nitrogens is 4. The molecular formula is C34H34N4O4S. The maximum Gasteiger partial charge on any atom is 0.303 e. The number of fused-ring (bicyclic) bond motifs is 8. The summed E-state index contributed by atoms with van der Waals surface area (Å²) in [5.41, 5.74) is 13.3. The number of carboxylic acid groups (broad SMARTS) is 2. The highest BCUT2D eigenvalue weighted by Crippen LogP contribution is 2.38. The zero-order valence-corrected chi connectivity index (χ0v) is 25.6. The van der Waals surface area contributed by atoms with Crippen molar-refractivity contribution in [3.05, 3.63) is 82.5 Å². The average Bonchev–Trinajstić information content (AvgIpc) is 3.59. The lowest BCUT2D eigenvalue weighted by atomic mass is 9.98. The number of allylic oxidation sites excluding steroid dienone is 4. The van der Waals surface area contributed by atoms with E-state index in [0.717, 1.165) is 66.6 Å². The number of thiol groups is 1. The molecular weight excluding hydrogens is 560 g/mol. The summed E-state index contributed by atoms with van der Waals surface area (Å²) in [6, 6.07) is 7.81. The lowest BCUT2D eigenvalue weighted by Gasteiger charge is -2.05. The van der Waals surface area contributed by atoms with Crippen LogP contribution in [0.15, 0.2) is 37.4 Å². The van der Waals surface area contributed by atoms with E-state index in [9.17, 15) is 19.8 Å². The first-order valence-corrected chi connectivity index (χ1v) is 14.4. The summed E-state index contributed by atoms with van der Waals surface area (Å²) in [4.78, 5) is 40.7. The molecule has 4 N–H and O–H groups in total. The second kappa shape index (κ2) is 11.6. The Hall–Kier alpha value is -4.63. The SMILES string of the molecule is C=Cc1c(C)c2cc3[nH]c(cc4nc(cc5nc(cc1[nH]2)C(C)=C5CCC(=O)O)C(CCC(=O)O)=C4C)c(C)c3C(=C)S. The summed E-state index contributed by atoms with van der Waals surface area (Å²) in [6.07, 6.45) is 2.31. The van der Waals surface area contributed by atoms with Crippen molar-refractivity contribution in [3.8, 4) is 0 Å². The van der Waals surface area contributed by atoms with Gasteiger partial charge in [-0.25, -0.2) is 9.97 Å². The van der Waals surface area contributed by atoms with Gasteiger partial charge < -0.3 is 20.2 Å². The van der Waals surface area contributed by atoms with Crippen LogP contribution in [0.25, 0.3) is 55.3 Å². The molecule has 8 nitrogen and oxygen atoms in total. The predicted molar refractivity (Wildman–Crippen MR) is 177 cm³/mol. The minimum Gasteiger partial charge on any atom is -0.481 e. The second-order valence-electron chi connectivity index (χ2n) is 10.9. The molecule has 0 unspecified atom stereocenters. The van der Waals surface area contributed by atoms with E-state index in [1.807, 2.05) is 58.0 Å². The number of carboxylic acids is 2. The molecule has 8 bridgehead atoms. The molecule has 0 aromatic carbocycles. The molecule has 2 aliphatic heterocycles. The van der Waals surface area contributed by atoms with Gasteiger partial charge >= 0.3 is 11.9 Å². The minimum atomic E-state index is -0.896. The van der Waals surface area contributed by atoms with Crippen LogP contribution >= 0.6 is 12.6 Å². The van der Waals surface area contributed by atoms with Gasteiger partial charge in [-0.3, -0.25) is 9.59 Å². The highest BCUT2D eigenvalue weighted by Gasteiger charge is 2.23. The molecule has 2 aliphatic rings. The number of rotatable bonds is 8. The largest absolute Gasteiger partial charge is 0.481 e. The third-order valence-electron chi connectivity index (χ3n) is 8.25. The molecule has 0 fully saturated rings. The van der Waals surface area contributed by atoms with Crippen molar-refractivity contribution in [1.29, 1.82) is 0 Å². The van der Waals surface area contributed by atoms with Crippen molar-refractivity contribution in [1.82, 2.24) is 19.9 Å². The Morgan fingerprint density at radius 1 is 0.767 bits per heavy atom. The summed E-state index contributed by atoms with van der Waals surface area (Å²) in [6.45, 7) is 16.1. The molecule has 220 valence electrons. The summed E-state index contributed by atoms with van der Waals surface area (Å²) in [7, 11) is 0. The van der Waals surface area contributed by atoms with Gasteiger partial charge in [0.15, 0.2) is 0 Å². The number of carbonyl (C=O) groups is 2. The van der Waals surface area contributed by atoms with Gasteiger partial charge in [-0.15, -0.1) is 12.6 Å². The van der Waals surface area contributed by atoms with Crippen LogP contribution in [0.1, 0.15) is 84.6 Å². The van der Waals surface area contributed by atoms with Gasteiger partial charge in [-0.05, 0) is 98.2 Å². The lowest BCUT2D eigenvalue weighted by molar-refractivity contribution is -0.137. The number of aromatic amines is 2. The minimum absolute atomic E-state index is 0.0449. The van der Waals surface area contributed by atoms with Crippen LogP contribution < -0.4 is 0 Å². The first-order valence-electron chi connectivity index (χ1n) is 14.0. The Morgan fingerprint density at radius 3 is 1.74 bits per heavy atom. The molecule has 5 rings (SSSR count). The van der Waals surface area contributed by atoms with E-state index >= 15 is 0 Å². The van der Waals surface area contributed by atoms with E-state index < -0.39 is 11.9 Å². The van der Waals surface area contributed by atoms with Gasteiger partial charge in [0.05, 0.1) is 22.8 Å². The molecule has 9 heteroatoms. The zero-order valence-electron chi connectivity index (χ0n) is 24.7. The summed E-state index contributed by atoms with van der Waals surface area (Å²) >= 11 is 4.61. The normalized spacial score (nSPS) is 13.0. The topological polar surface area (TPSA) is 132 Å². The summed E-state index contributed by atoms with van der Waals surface area (Å²) < 4.78 is 0. The number of aliphatic carboxylic acids is 2. The molecule has 5 heterocycles.